The van der Waals surface area contributed by atoms with Crippen LogP contribution in [-0.4, -0.2) is 33.0 Å². The van der Waals surface area contributed by atoms with Gasteiger partial charge in [0, 0.05) is 12.7 Å². The second-order valence-electron chi connectivity index (χ2n) is 3.89. The molecule has 112 valence electrons. The molecule has 0 saturated heterocycles. The lowest BCUT2D eigenvalue weighted by molar-refractivity contribution is 0.0601. The van der Waals surface area contributed by atoms with Gasteiger partial charge in [0.15, 0.2) is 5.82 Å². The van der Waals surface area contributed by atoms with Crippen LogP contribution >= 0.6 is 11.6 Å². The molecule has 0 unspecified atom stereocenters. The Morgan fingerprint density at radius 1 is 1.50 bits per heavy atom. The van der Waals surface area contributed by atoms with Gasteiger partial charge >= 0.3 is 5.97 Å². The van der Waals surface area contributed by atoms with E-state index in [0.717, 1.165) is 6.42 Å². The molecule has 20 heavy (non-hydrogen) atoms. The van der Waals surface area contributed by atoms with Gasteiger partial charge in [-0.15, -0.1) is 0 Å². The maximum absolute atomic E-state index is 11.8. The molecular formula is C11H16ClN3O4S. The SMILES string of the molecule is CCCCNS(=O)(=O)Nc1ncc(Cl)cc1C(=O)OC. The molecule has 1 aromatic rings. The molecule has 0 amide bonds. The first-order valence-corrected chi connectivity index (χ1v) is 7.77. The van der Waals surface area contributed by atoms with Crippen LogP contribution in [-0.2, 0) is 14.9 Å². The Kier molecular flexibility index (Phi) is 6.18. The number of esters is 1. The maximum Gasteiger partial charge on any atom is 0.341 e. The first kappa shape index (κ1) is 16.7. The van der Waals surface area contributed by atoms with Gasteiger partial charge < -0.3 is 4.74 Å². The molecule has 1 heterocycles. The zero-order valence-electron chi connectivity index (χ0n) is 11.1. The highest BCUT2D eigenvalue weighted by molar-refractivity contribution is 7.90. The number of ether oxygens (including phenoxy) is 1. The van der Waals surface area contributed by atoms with Crippen molar-refractivity contribution >= 4 is 33.6 Å². The number of nitrogens with zero attached hydrogens (tertiary/aromatic N) is 1. The van der Waals surface area contributed by atoms with E-state index in [9.17, 15) is 13.2 Å². The van der Waals surface area contributed by atoms with Gasteiger partial charge in [0.1, 0.15) is 5.56 Å². The molecule has 0 atom stereocenters. The van der Waals surface area contributed by atoms with Crippen LogP contribution in [0.25, 0.3) is 0 Å². The molecule has 0 aliphatic rings. The minimum atomic E-state index is -3.80. The summed E-state index contributed by atoms with van der Waals surface area (Å²) in [5.41, 5.74) is -0.0548. The monoisotopic (exact) mass is 321 g/mol. The highest BCUT2D eigenvalue weighted by atomic mass is 35.5. The summed E-state index contributed by atoms with van der Waals surface area (Å²) in [5, 5.41) is 0.201. The molecule has 0 saturated carbocycles. The lowest BCUT2D eigenvalue weighted by Crippen LogP contribution is -2.31. The smallest absolute Gasteiger partial charge is 0.341 e. The molecule has 0 aliphatic heterocycles. The van der Waals surface area contributed by atoms with Gasteiger partial charge in [-0.3, -0.25) is 4.72 Å². The Morgan fingerprint density at radius 3 is 2.80 bits per heavy atom. The summed E-state index contributed by atoms with van der Waals surface area (Å²) in [5.74, 6) is -0.864. The van der Waals surface area contributed by atoms with Crippen LogP contribution in [0.1, 0.15) is 30.1 Å². The van der Waals surface area contributed by atoms with Crippen LogP contribution in [0.5, 0.6) is 0 Å². The summed E-state index contributed by atoms with van der Waals surface area (Å²) in [6.45, 7) is 2.24. The second-order valence-corrected chi connectivity index (χ2v) is 5.83. The van der Waals surface area contributed by atoms with Crippen molar-refractivity contribution in [2.75, 3.05) is 18.4 Å². The molecule has 0 spiro atoms. The third-order valence-corrected chi connectivity index (χ3v) is 3.57. The van der Waals surface area contributed by atoms with Crippen molar-refractivity contribution in [3.05, 3.63) is 22.8 Å². The van der Waals surface area contributed by atoms with Crippen molar-refractivity contribution < 1.29 is 17.9 Å². The molecule has 0 radical (unpaired) electrons. The molecule has 7 nitrogen and oxygen atoms in total. The van der Waals surface area contributed by atoms with Crippen molar-refractivity contribution in [3.8, 4) is 0 Å². The average Bonchev–Trinajstić information content (AvgIpc) is 2.40. The molecular weight excluding hydrogens is 306 g/mol. The fourth-order valence-electron chi connectivity index (χ4n) is 1.33. The zero-order chi connectivity index (χ0) is 15.2. The molecule has 0 bridgehead atoms. The summed E-state index contributed by atoms with van der Waals surface area (Å²) in [6, 6.07) is 1.28. The van der Waals surface area contributed by atoms with Gasteiger partial charge in [0.05, 0.1) is 12.1 Å². The van der Waals surface area contributed by atoms with Gasteiger partial charge in [-0.05, 0) is 12.5 Å². The standard InChI is InChI=1S/C11H16ClN3O4S/c1-3-4-5-14-20(17,18)15-10-9(11(16)19-2)6-8(12)7-13-10/h6-7,14H,3-5H2,1-2H3,(H,13,15). The van der Waals surface area contributed by atoms with Crippen LogP contribution < -0.4 is 9.44 Å². The predicted octanol–water partition coefficient (Wildman–Crippen LogP) is 1.57. The Hall–Kier alpha value is -1.38. The summed E-state index contributed by atoms with van der Waals surface area (Å²) in [6.07, 6.45) is 2.80. The fraction of sp³-hybridized carbons (Fsp3) is 0.455. The van der Waals surface area contributed by atoms with Gasteiger partial charge in [-0.2, -0.15) is 13.1 Å². The van der Waals surface area contributed by atoms with E-state index in [-0.39, 0.29) is 16.4 Å². The second kappa shape index (κ2) is 7.41. The van der Waals surface area contributed by atoms with E-state index in [1.54, 1.807) is 0 Å². The highest BCUT2D eigenvalue weighted by Gasteiger charge is 2.18. The predicted molar refractivity (Wildman–Crippen MR) is 76.0 cm³/mol. The van der Waals surface area contributed by atoms with Crippen LogP contribution in [0.4, 0.5) is 5.82 Å². The Morgan fingerprint density at radius 2 is 2.20 bits per heavy atom. The number of rotatable bonds is 7. The minimum Gasteiger partial charge on any atom is -0.465 e. The van der Waals surface area contributed by atoms with Gasteiger partial charge in [0.25, 0.3) is 10.2 Å². The zero-order valence-corrected chi connectivity index (χ0v) is 12.7. The summed E-state index contributed by atoms with van der Waals surface area (Å²) in [4.78, 5) is 15.4. The number of hydrogen-bond acceptors (Lipinski definition) is 5. The molecule has 1 rings (SSSR count). The molecule has 1 aromatic heterocycles. The van der Waals surface area contributed by atoms with Gasteiger partial charge in [-0.1, -0.05) is 24.9 Å². The van der Waals surface area contributed by atoms with Crippen molar-refractivity contribution in [3.63, 3.8) is 0 Å². The molecule has 9 heteroatoms. The Bertz CT molecular complexity index is 577. The maximum atomic E-state index is 11.8. The molecule has 0 fully saturated rings. The Balaban J connectivity index is 2.94. The first-order chi connectivity index (χ1) is 9.39. The number of unbranched alkanes of at least 4 members (excludes halogenated alkanes) is 1. The normalized spacial score (nSPS) is 11.2. The number of methoxy groups -OCH3 is 1. The van der Waals surface area contributed by atoms with E-state index in [2.05, 4.69) is 19.2 Å². The van der Waals surface area contributed by atoms with Gasteiger partial charge in [0.2, 0.25) is 0 Å². The van der Waals surface area contributed by atoms with Crippen molar-refractivity contribution in [2.45, 2.75) is 19.8 Å². The third-order valence-electron chi connectivity index (χ3n) is 2.31. The first-order valence-electron chi connectivity index (χ1n) is 5.91. The van der Waals surface area contributed by atoms with E-state index >= 15 is 0 Å². The number of halogens is 1. The lowest BCUT2D eigenvalue weighted by atomic mass is 10.2. The Labute approximate surface area is 122 Å². The quantitative estimate of drug-likeness (QED) is 0.587. The van der Waals surface area contributed by atoms with E-state index < -0.39 is 16.2 Å². The summed E-state index contributed by atoms with van der Waals surface area (Å²) in [7, 11) is -2.62. The van der Waals surface area contributed by atoms with Crippen LogP contribution in [0.2, 0.25) is 5.02 Å². The number of aromatic nitrogens is 1. The van der Waals surface area contributed by atoms with E-state index in [1.165, 1.54) is 19.4 Å². The fourth-order valence-corrected chi connectivity index (χ4v) is 2.39. The van der Waals surface area contributed by atoms with Crippen molar-refractivity contribution in [2.24, 2.45) is 0 Å². The molecule has 2 N–H and O–H groups in total. The van der Waals surface area contributed by atoms with Crippen molar-refractivity contribution in [1.82, 2.24) is 9.71 Å². The largest absolute Gasteiger partial charge is 0.465 e. The number of carbonyl (C=O) groups is 1. The number of anilines is 1. The van der Waals surface area contributed by atoms with Crippen molar-refractivity contribution in [1.29, 1.82) is 0 Å². The average molecular weight is 322 g/mol. The molecule has 0 aliphatic carbocycles. The van der Waals surface area contributed by atoms with E-state index in [1.807, 2.05) is 6.92 Å². The van der Waals surface area contributed by atoms with E-state index in [4.69, 9.17) is 11.6 Å². The van der Waals surface area contributed by atoms with Crippen LogP contribution in [0, 0.1) is 0 Å². The lowest BCUT2D eigenvalue weighted by Gasteiger charge is -2.11. The number of hydrogen-bond donors (Lipinski definition) is 2. The number of carbonyl (C=O) groups excluding carboxylic acids is 1. The summed E-state index contributed by atoms with van der Waals surface area (Å²) >= 11 is 5.73. The van der Waals surface area contributed by atoms with Crippen LogP contribution in [0.15, 0.2) is 12.3 Å². The highest BCUT2D eigenvalue weighted by Crippen LogP contribution is 2.19. The van der Waals surface area contributed by atoms with E-state index in [0.29, 0.717) is 13.0 Å². The number of pyridine rings is 1. The third kappa shape index (κ3) is 4.95. The van der Waals surface area contributed by atoms with Gasteiger partial charge in [-0.25, -0.2) is 9.78 Å². The molecule has 0 aromatic carbocycles. The summed E-state index contributed by atoms with van der Waals surface area (Å²) < 4.78 is 32.6. The number of nitrogens with one attached hydrogen (secondary N) is 2. The minimum absolute atomic E-state index is 0.0548. The topological polar surface area (TPSA) is 97.4 Å². The van der Waals surface area contributed by atoms with Crippen LogP contribution in [0.3, 0.4) is 0 Å².